The Bertz CT molecular complexity index is 1260. The summed E-state index contributed by atoms with van der Waals surface area (Å²) in [6, 6.07) is 13.6. The summed E-state index contributed by atoms with van der Waals surface area (Å²) in [6.45, 7) is 5.15. The van der Waals surface area contributed by atoms with Gasteiger partial charge in [0.2, 0.25) is 5.91 Å². The molecule has 1 aromatic heterocycles. The molecule has 0 radical (unpaired) electrons. The largest absolute Gasteiger partial charge is 0.338 e. The first-order valence-electron chi connectivity index (χ1n) is 11.4. The van der Waals surface area contributed by atoms with Gasteiger partial charge in [-0.05, 0) is 41.5 Å². The lowest BCUT2D eigenvalue weighted by atomic mass is 9.78. The lowest BCUT2D eigenvalue weighted by molar-refractivity contribution is -0.121. The van der Waals surface area contributed by atoms with Crippen molar-refractivity contribution in [2.24, 2.45) is 11.3 Å². The number of piperidine rings is 1. The summed E-state index contributed by atoms with van der Waals surface area (Å²) in [5.74, 6) is -0.375. The average Bonchev–Trinajstić information content (AvgIpc) is 3.19. The van der Waals surface area contributed by atoms with E-state index in [0.29, 0.717) is 35.1 Å². The number of likely N-dealkylation sites (tertiary alicyclic amines) is 1. The molecule has 2 amide bonds. The molecule has 2 aromatic carbocycles. The maximum Gasteiger partial charge on any atom is 0.254 e. The highest BCUT2D eigenvalue weighted by molar-refractivity contribution is 7.17. The molecule has 6 nitrogen and oxygen atoms in total. The van der Waals surface area contributed by atoms with Gasteiger partial charge in [0.1, 0.15) is 0 Å². The van der Waals surface area contributed by atoms with E-state index in [-0.39, 0.29) is 28.9 Å². The number of carbonyl (C=O) groups excluding carboxylic acids is 3. The molecule has 1 aliphatic carbocycles. The molecule has 170 valence electrons. The third kappa shape index (κ3) is 4.29. The first-order valence-corrected chi connectivity index (χ1v) is 12.2. The highest BCUT2D eigenvalue weighted by Crippen LogP contribution is 2.38. The SMILES string of the molecule is CC1(C)CC(=O)c2sc(NC(=O)C3CCCN(C(=O)c4cccc5ccccc45)C3)nc2C1. The van der Waals surface area contributed by atoms with Gasteiger partial charge >= 0.3 is 0 Å². The third-order valence-corrected chi connectivity index (χ3v) is 7.62. The number of carbonyl (C=O) groups is 3. The van der Waals surface area contributed by atoms with Crippen LogP contribution in [-0.2, 0) is 11.2 Å². The van der Waals surface area contributed by atoms with Gasteiger partial charge in [-0.3, -0.25) is 14.4 Å². The number of benzene rings is 2. The minimum atomic E-state index is -0.300. The van der Waals surface area contributed by atoms with E-state index in [1.807, 2.05) is 42.5 Å². The second-order valence-corrected chi connectivity index (χ2v) is 10.8. The lowest BCUT2D eigenvalue weighted by Gasteiger charge is -2.32. The monoisotopic (exact) mass is 461 g/mol. The molecule has 0 saturated carbocycles. The number of aromatic nitrogens is 1. The van der Waals surface area contributed by atoms with E-state index in [1.165, 1.54) is 11.3 Å². The lowest BCUT2D eigenvalue weighted by Crippen LogP contribution is -2.43. The van der Waals surface area contributed by atoms with Gasteiger partial charge in [-0.1, -0.05) is 61.6 Å². The van der Waals surface area contributed by atoms with Crippen LogP contribution >= 0.6 is 11.3 Å². The zero-order chi connectivity index (χ0) is 23.2. The molecule has 1 saturated heterocycles. The van der Waals surface area contributed by atoms with Gasteiger partial charge < -0.3 is 10.2 Å². The molecule has 1 aliphatic heterocycles. The molecular formula is C26H27N3O3S. The van der Waals surface area contributed by atoms with Gasteiger partial charge in [0.25, 0.3) is 5.91 Å². The Morgan fingerprint density at radius 3 is 2.76 bits per heavy atom. The molecule has 2 heterocycles. The van der Waals surface area contributed by atoms with Crippen LogP contribution in [-0.4, -0.2) is 40.6 Å². The standard InChI is InChI=1S/C26H27N3O3S/c1-26(2)13-20-22(21(30)14-26)33-25(27-20)28-23(31)17-9-6-12-29(15-17)24(32)19-11-5-8-16-7-3-4-10-18(16)19/h3-5,7-8,10-11,17H,6,9,12-15H2,1-2H3,(H,27,28,31). The van der Waals surface area contributed by atoms with Crippen LogP contribution in [0.5, 0.6) is 0 Å². The molecule has 3 aromatic rings. The third-order valence-electron chi connectivity index (χ3n) is 6.57. The van der Waals surface area contributed by atoms with Crippen molar-refractivity contribution in [3.05, 3.63) is 58.6 Å². The molecular weight excluding hydrogens is 434 g/mol. The Morgan fingerprint density at radius 2 is 1.91 bits per heavy atom. The Hall–Kier alpha value is -3.06. The first-order chi connectivity index (χ1) is 15.8. The van der Waals surface area contributed by atoms with Crippen LogP contribution in [0.4, 0.5) is 5.13 Å². The van der Waals surface area contributed by atoms with Crippen molar-refractivity contribution in [2.45, 2.75) is 39.5 Å². The fourth-order valence-corrected chi connectivity index (χ4v) is 5.86. The van der Waals surface area contributed by atoms with Crippen LogP contribution in [0.25, 0.3) is 10.8 Å². The van der Waals surface area contributed by atoms with Crippen molar-refractivity contribution >= 4 is 44.8 Å². The molecule has 5 rings (SSSR count). The predicted molar refractivity (Wildman–Crippen MR) is 130 cm³/mol. The average molecular weight is 462 g/mol. The van der Waals surface area contributed by atoms with Crippen LogP contribution in [0.3, 0.4) is 0 Å². The van der Waals surface area contributed by atoms with E-state index >= 15 is 0 Å². The van der Waals surface area contributed by atoms with E-state index in [9.17, 15) is 14.4 Å². The maximum absolute atomic E-state index is 13.3. The highest BCUT2D eigenvalue weighted by atomic mass is 32.1. The summed E-state index contributed by atoms with van der Waals surface area (Å²) in [5, 5.41) is 5.36. The molecule has 0 spiro atoms. The van der Waals surface area contributed by atoms with Crippen LogP contribution in [0.1, 0.15) is 58.8 Å². The highest BCUT2D eigenvalue weighted by Gasteiger charge is 2.35. The zero-order valence-electron chi connectivity index (χ0n) is 18.9. The van der Waals surface area contributed by atoms with E-state index in [1.54, 1.807) is 4.90 Å². The molecule has 1 fully saturated rings. The minimum absolute atomic E-state index is 0.0400. The summed E-state index contributed by atoms with van der Waals surface area (Å²) in [4.78, 5) is 45.8. The Balaban J connectivity index is 1.30. The Kier molecular flexibility index (Phi) is 5.52. The number of Topliss-reactive ketones (excluding diaryl/α,β-unsaturated/α-hetero) is 1. The smallest absolute Gasteiger partial charge is 0.254 e. The maximum atomic E-state index is 13.3. The summed E-state index contributed by atoms with van der Waals surface area (Å²) >= 11 is 1.27. The topological polar surface area (TPSA) is 79.4 Å². The van der Waals surface area contributed by atoms with Crippen molar-refractivity contribution in [2.75, 3.05) is 18.4 Å². The molecule has 1 atom stereocenters. The van der Waals surface area contributed by atoms with Gasteiger partial charge in [-0.2, -0.15) is 0 Å². The van der Waals surface area contributed by atoms with Gasteiger partial charge in [0.05, 0.1) is 16.5 Å². The van der Waals surface area contributed by atoms with Crippen molar-refractivity contribution in [3.63, 3.8) is 0 Å². The van der Waals surface area contributed by atoms with Gasteiger partial charge in [-0.15, -0.1) is 0 Å². The number of hydrogen-bond donors (Lipinski definition) is 1. The van der Waals surface area contributed by atoms with Gasteiger partial charge in [0, 0.05) is 25.1 Å². The van der Waals surface area contributed by atoms with E-state index in [2.05, 4.69) is 24.1 Å². The molecule has 1 unspecified atom stereocenters. The number of rotatable bonds is 3. The van der Waals surface area contributed by atoms with Crippen molar-refractivity contribution in [1.82, 2.24) is 9.88 Å². The summed E-state index contributed by atoms with van der Waals surface area (Å²) in [6.07, 6.45) is 2.73. The second-order valence-electron chi connectivity index (χ2n) is 9.84. The Morgan fingerprint density at radius 1 is 1.12 bits per heavy atom. The summed E-state index contributed by atoms with van der Waals surface area (Å²) in [7, 11) is 0. The number of anilines is 1. The van der Waals surface area contributed by atoms with Gasteiger partial charge in [0.15, 0.2) is 10.9 Å². The predicted octanol–water partition coefficient (Wildman–Crippen LogP) is 4.94. The normalized spacial score (nSPS) is 19.9. The quantitative estimate of drug-likeness (QED) is 0.599. The second kappa shape index (κ2) is 8.37. The van der Waals surface area contributed by atoms with Crippen molar-refractivity contribution in [1.29, 1.82) is 0 Å². The molecule has 1 N–H and O–H groups in total. The van der Waals surface area contributed by atoms with Crippen molar-refractivity contribution in [3.8, 4) is 0 Å². The number of nitrogens with one attached hydrogen (secondary N) is 1. The number of nitrogens with zero attached hydrogens (tertiary/aromatic N) is 2. The minimum Gasteiger partial charge on any atom is -0.338 e. The van der Waals surface area contributed by atoms with E-state index < -0.39 is 0 Å². The number of amides is 2. The zero-order valence-corrected chi connectivity index (χ0v) is 19.7. The van der Waals surface area contributed by atoms with Crippen LogP contribution in [0, 0.1) is 11.3 Å². The molecule has 2 aliphatic rings. The number of thiazole rings is 1. The Labute approximate surface area is 197 Å². The van der Waals surface area contributed by atoms with Crippen LogP contribution in [0.2, 0.25) is 0 Å². The van der Waals surface area contributed by atoms with E-state index in [4.69, 9.17) is 0 Å². The number of hydrogen-bond acceptors (Lipinski definition) is 5. The van der Waals surface area contributed by atoms with Crippen LogP contribution in [0.15, 0.2) is 42.5 Å². The number of fused-ring (bicyclic) bond motifs is 2. The fraction of sp³-hybridized carbons (Fsp3) is 0.385. The molecule has 0 bridgehead atoms. The summed E-state index contributed by atoms with van der Waals surface area (Å²) < 4.78 is 0. The molecule has 33 heavy (non-hydrogen) atoms. The fourth-order valence-electron chi connectivity index (χ4n) is 4.94. The van der Waals surface area contributed by atoms with E-state index in [0.717, 1.165) is 35.7 Å². The number of ketones is 1. The van der Waals surface area contributed by atoms with Crippen LogP contribution < -0.4 is 5.32 Å². The summed E-state index contributed by atoms with van der Waals surface area (Å²) in [5.41, 5.74) is 1.35. The first kappa shape index (κ1) is 21.8. The van der Waals surface area contributed by atoms with Crippen molar-refractivity contribution < 1.29 is 14.4 Å². The molecule has 7 heteroatoms. The van der Waals surface area contributed by atoms with Gasteiger partial charge in [-0.25, -0.2) is 4.98 Å².